The molecule has 0 bridgehead atoms. The molecule has 2 amide bonds. The standard InChI is InChI=1S/C8H16N2O3/c11-5-3-9-8(13)10-4-1-2-7(12)6-10/h7,11-12H,1-6H2,(H,9,13). The van der Waals surface area contributed by atoms with Gasteiger partial charge in [0.15, 0.2) is 0 Å². The fraction of sp³-hybridized carbons (Fsp3) is 0.875. The Morgan fingerprint density at radius 1 is 1.62 bits per heavy atom. The largest absolute Gasteiger partial charge is 0.395 e. The monoisotopic (exact) mass is 188 g/mol. The molecule has 0 aromatic heterocycles. The summed E-state index contributed by atoms with van der Waals surface area (Å²) in [6.45, 7) is 1.30. The molecule has 0 aliphatic carbocycles. The zero-order valence-corrected chi connectivity index (χ0v) is 7.57. The van der Waals surface area contributed by atoms with Crippen LogP contribution in [-0.4, -0.2) is 53.5 Å². The third-order valence-electron chi connectivity index (χ3n) is 2.07. The summed E-state index contributed by atoms with van der Waals surface area (Å²) in [5.74, 6) is 0. The minimum Gasteiger partial charge on any atom is -0.395 e. The van der Waals surface area contributed by atoms with Crippen LogP contribution in [0.2, 0.25) is 0 Å². The van der Waals surface area contributed by atoms with Gasteiger partial charge in [-0.1, -0.05) is 0 Å². The number of amides is 2. The highest BCUT2D eigenvalue weighted by Gasteiger charge is 2.21. The highest BCUT2D eigenvalue weighted by Crippen LogP contribution is 2.09. The van der Waals surface area contributed by atoms with Crippen LogP contribution in [-0.2, 0) is 0 Å². The lowest BCUT2D eigenvalue weighted by Gasteiger charge is -2.29. The predicted octanol–water partition coefficient (Wildman–Crippen LogP) is -0.855. The van der Waals surface area contributed by atoms with Gasteiger partial charge in [-0.15, -0.1) is 0 Å². The number of likely N-dealkylation sites (tertiary alicyclic amines) is 1. The number of aliphatic hydroxyl groups is 2. The second-order valence-corrected chi connectivity index (χ2v) is 3.20. The molecule has 1 aliphatic heterocycles. The van der Waals surface area contributed by atoms with Crippen LogP contribution in [0, 0.1) is 0 Å². The smallest absolute Gasteiger partial charge is 0.317 e. The van der Waals surface area contributed by atoms with Crippen molar-refractivity contribution in [2.45, 2.75) is 18.9 Å². The summed E-state index contributed by atoms with van der Waals surface area (Å²) < 4.78 is 0. The second kappa shape index (κ2) is 5.04. The van der Waals surface area contributed by atoms with Crippen molar-refractivity contribution in [3.8, 4) is 0 Å². The van der Waals surface area contributed by atoms with E-state index in [0.29, 0.717) is 13.1 Å². The van der Waals surface area contributed by atoms with E-state index in [2.05, 4.69) is 5.32 Å². The zero-order valence-electron chi connectivity index (χ0n) is 7.57. The zero-order chi connectivity index (χ0) is 9.68. The van der Waals surface area contributed by atoms with Crippen LogP contribution in [0.4, 0.5) is 4.79 Å². The normalized spacial score (nSPS) is 22.9. The third-order valence-corrected chi connectivity index (χ3v) is 2.07. The van der Waals surface area contributed by atoms with Crippen molar-refractivity contribution in [3.05, 3.63) is 0 Å². The summed E-state index contributed by atoms with van der Waals surface area (Å²) in [5, 5.41) is 20.3. The number of nitrogens with one attached hydrogen (secondary N) is 1. The number of β-amino-alcohol motifs (C(OH)–C–C–N with tert-alkyl or cyclic N) is 1. The molecule has 0 aromatic rings. The van der Waals surface area contributed by atoms with Gasteiger partial charge in [-0.05, 0) is 12.8 Å². The van der Waals surface area contributed by atoms with E-state index in [4.69, 9.17) is 5.11 Å². The first-order valence-corrected chi connectivity index (χ1v) is 4.55. The average Bonchev–Trinajstić information content (AvgIpc) is 2.14. The molecular formula is C8H16N2O3. The molecule has 1 saturated heterocycles. The van der Waals surface area contributed by atoms with E-state index in [1.807, 2.05) is 0 Å². The molecule has 1 rings (SSSR count). The molecular weight excluding hydrogens is 172 g/mol. The Balaban J connectivity index is 2.28. The first-order chi connectivity index (χ1) is 6.24. The molecule has 0 saturated carbocycles. The van der Waals surface area contributed by atoms with Crippen molar-refractivity contribution in [3.63, 3.8) is 0 Å². The van der Waals surface area contributed by atoms with Crippen molar-refractivity contribution >= 4 is 6.03 Å². The molecule has 1 heterocycles. The molecule has 3 N–H and O–H groups in total. The average molecular weight is 188 g/mol. The highest BCUT2D eigenvalue weighted by atomic mass is 16.3. The van der Waals surface area contributed by atoms with Crippen LogP contribution in [0.5, 0.6) is 0 Å². The molecule has 5 nitrogen and oxygen atoms in total. The maximum atomic E-state index is 11.3. The molecule has 5 heteroatoms. The quantitative estimate of drug-likeness (QED) is 0.528. The number of carbonyl (C=O) groups is 1. The van der Waals surface area contributed by atoms with Crippen molar-refractivity contribution in [2.75, 3.05) is 26.2 Å². The molecule has 0 spiro atoms. The first kappa shape index (κ1) is 10.3. The number of nitrogens with zero attached hydrogens (tertiary/aromatic N) is 1. The van der Waals surface area contributed by atoms with Crippen LogP contribution in [0.1, 0.15) is 12.8 Å². The lowest BCUT2D eigenvalue weighted by Crippen LogP contribution is -2.47. The number of hydrogen-bond acceptors (Lipinski definition) is 3. The van der Waals surface area contributed by atoms with Crippen LogP contribution < -0.4 is 5.32 Å². The van der Waals surface area contributed by atoms with Crippen LogP contribution in [0.15, 0.2) is 0 Å². The van der Waals surface area contributed by atoms with Gasteiger partial charge in [-0.25, -0.2) is 4.79 Å². The van der Waals surface area contributed by atoms with E-state index in [-0.39, 0.29) is 19.2 Å². The highest BCUT2D eigenvalue weighted by molar-refractivity contribution is 5.74. The molecule has 1 fully saturated rings. The first-order valence-electron chi connectivity index (χ1n) is 4.55. The van der Waals surface area contributed by atoms with Gasteiger partial charge in [-0.3, -0.25) is 0 Å². The summed E-state index contributed by atoms with van der Waals surface area (Å²) in [6.07, 6.45) is 1.21. The Labute approximate surface area is 77.3 Å². The predicted molar refractivity (Wildman–Crippen MR) is 47.3 cm³/mol. The van der Waals surface area contributed by atoms with E-state index in [1.165, 1.54) is 0 Å². The molecule has 1 aliphatic rings. The van der Waals surface area contributed by atoms with Gasteiger partial charge >= 0.3 is 6.03 Å². The number of aliphatic hydroxyl groups excluding tert-OH is 2. The van der Waals surface area contributed by atoms with Crippen LogP contribution in [0.25, 0.3) is 0 Å². The van der Waals surface area contributed by atoms with Crippen molar-refractivity contribution in [2.24, 2.45) is 0 Å². The Bertz CT molecular complexity index is 175. The van der Waals surface area contributed by atoms with E-state index in [0.717, 1.165) is 12.8 Å². The van der Waals surface area contributed by atoms with Crippen molar-refractivity contribution in [1.29, 1.82) is 0 Å². The van der Waals surface area contributed by atoms with Gasteiger partial charge in [0.05, 0.1) is 12.7 Å². The maximum absolute atomic E-state index is 11.3. The Morgan fingerprint density at radius 2 is 2.38 bits per heavy atom. The Morgan fingerprint density at radius 3 is 3.00 bits per heavy atom. The summed E-state index contributed by atoms with van der Waals surface area (Å²) in [5.41, 5.74) is 0. The summed E-state index contributed by atoms with van der Waals surface area (Å²) in [6, 6.07) is -0.201. The number of rotatable bonds is 2. The molecule has 76 valence electrons. The van der Waals surface area contributed by atoms with E-state index >= 15 is 0 Å². The molecule has 13 heavy (non-hydrogen) atoms. The van der Waals surface area contributed by atoms with Crippen LogP contribution >= 0.6 is 0 Å². The minimum absolute atomic E-state index is 0.0534. The SMILES string of the molecule is O=C(NCCO)N1CCCC(O)C1. The Hall–Kier alpha value is -0.810. The van der Waals surface area contributed by atoms with Gasteiger partial charge < -0.3 is 20.4 Å². The molecule has 1 atom stereocenters. The lowest BCUT2D eigenvalue weighted by molar-refractivity contribution is 0.0839. The topological polar surface area (TPSA) is 72.8 Å². The van der Waals surface area contributed by atoms with Gasteiger partial charge in [0.1, 0.15) is 0 Å². The fourth-order valence-corrected chi connectivity index (χ4v) is 1.41. The molecule has 0 aromatic carbocycles. The van der Waals surface area contributed by atoms with Gasteiger partial charge in [0, 0.05) is 19.6 Å². The van der Waals surface area contributed by atoms with E-state index in [1.54, 1.807) is 4.90 Å². The molecule has 1 unspecified atom stereocenters. The summed E-state index contributed by atoms with van der Waals surface area (Å²) >= 11 is 0. The summed E-state index contributed by atoms with van der Waals surface area (Å²) in [4.78, 5) is 12.9. The van der Waals surface area contributed by atoms with Gasteiger partial charge in [0.2, 0.25) is 0 Å². The number of carbonyl (C=O) groups excluding carboxylic acids is 1. The number of urea groups is 1. The van der Waals surface area contributed by atoms with Gasteiger partial charge in [0.25, 0.3) is 0 Å². The van der Waals surface area contributed by atoms with Gasteiger partial charge in [-0.2, -0.15) is 0 Å². The fourth-order valence-electron chi connectivity index (χ4n) is 1.41. The minimum atomic E-state index is -0.395. The van der Waals surface area contributed by atoms with Crippen molar-refractivity contribution < 1.29 is 15.0 Å². The maximum Gasteiger partial charge on any atom is 0.317 e. The van der Waals surface area contributed by atoms with E-state index in [9.17, 15) is 9.90 Å². The van der Waals surface area contributed by atoms with Crippen molar-refractivity contribution in [1.82, 2.24) is 10.2 Å². The van der Waals surface area contributed by atoms with Crippen LogP contribution in [0.3, 0.4) is 0 Å². The lowest BCUT2D eigenvalue weighted by atomic mass is 10.1. The number of hydrogen-bond donors (Lipinski definition) is 3. The summed E-state index contributed by atoms with van der Waals surface area (Å²) in [7, 11) is 0. The second-order valence-electron chi connectivity index (χ2n) is 3.20. The Kier molecular flexibility index (Phi) is 3.98. The van der Waals surface area contributed by atoms with E-state index < -0.39 is 6.10 Å². The molecule has 0 radical (unpaired) electrons. The third kappa shape index (κ3) is 3.20. The number of piperidine rings is 1.